The Labute approximate surface area is 161 Å². The average molecular weight is 391 g/mol. The molecule has 0 saturated carbocycles. The van der Waals surface area contributed by atoms with Crippen LogP contribution >= 0.6 is 0 Å². The number of amides is 1. The van der Waals surface area contributed by atoms with E-state index >= 15 is 0 Å². The van der Waals surface area contributed by atoms with E-state index in [-0.39, 0.29) is 5.91 Å². The molecular formula is C20H26N2O4S. The number of sulfonamides is 1. The van der Waals surface area contributed by atoms with Gasteiger partial charge >= 0.3 is 0 Å². The van der Waals surface area contributed by atoms with Gasteiger partial charge in [-0.1, -0.05) is 18.2 Å². The van der Waals surface area contributed by atoms with Crippen molar-refractivity contribution in [2.24, 2.45) is 0 Å². The fourth-order valence-electron chi connectivity index (χ4n) is 2.97. The van der Waals surface area contributed by atoms with Gasteiger partial charge in [0.15, 0.2) is 0 Å². The highest BCUT2D eigenvalue weighted by Crippen LogP contribution is 2.24. The molecule has 2 rings (SSSR count). The van der Waals surface area contributed by atoms with Crippen LogP contribution in [-0.2, 0) is 21.4 Å². The number of carbonyl (C=O) groups excluding carboxylic acids is 1. The summed E-state index contributed by atoms with van der Waals surface area (Å²) in [5.74, 6) is 0.368. The predicted octanol–water partition coefficient (Wildman–Crippen LogP) is 2.78. The van der Waals surface area contributed by atoms with Crippen LogP contribution in [0.1, 0.15) is 23.6 Å². The normalized spacial score (nSPS) is 12.3. The lowest BCUT2D eigenvalue weighted by molar-refractivity contribution is -0.122. The maximum Gasteiger partial charge on any atom is 0.243 e. The molecule has 1 N–H and O–H groups in total. The van der Waals surface area contributed by atoms with Crippen molar-refractivity contribution >= 4 is 21.6 Å². The Morgan fingerprint density at radius 2 is 1.67 bits per heavy atom. The van der Waals surface area contributed by atoms with Crippen LogP contribution in [0.15, 0.2) is 42.5 Å². The molecule has 2 aromatic rings. The fraction of sp³-hybridized carbons (Fsp3) is 0.350. The minimum Gasteiger partial charge on any atom is -0.497 e. The number of anilines is 1. The molecule has 7 heteroatoms. The number of nitrogens with zero attached hydrogens (tertiary/aromatic N) is 1. The van der Waals surface area contributed by atoms with Gasteiger partial charge in [0.05, 0.1) is 19.1 Å². The molecular weight excluding hydrogens is 364 g/mol. The van der Waals surface area contributed by atoms with Crippen molar-refractivity contribution < 1.29 is 17.9 Å². The smallest absolute Gasteiger partial charge is 0.243 e. The van der Waals surface area contributed by atoms with Gasteiger partial charge in [0.2, 0.25) is 15.9 Å². The third-order valence-electron chi connectivity index (χ3n) is 4.18. The molecule has 0 saturated heterocycles. The van der Waals surface area contributed by atoms with E-state index in [1.165, 1.54) is 0 Å². The zero-order chi connectivity index (χ0) is 20.2. The number of methoxy groups -OCH3 is 1. The fourth-order valence-corrected chi connectivity index (χ4v) is 4.13. The quantitative estimate of drug-likeness (QED) is 0.789. The van der Waals surface area contributed by atoms with Gasteiger partial charge in [0, 0.05) is 6.54 Å². The number of benzene rings is 2. The summed E-state index contributed by atoms with van der Waals surface area (Å²) in [7, 11) is -2.04. The monoisotopic (exact) mass is 390 g/mol. The van der Waals surface area contributed by atoms with Gasteiger partial charge in [-0.15, -0.1) is 0 Å². The van der Waals surface area contributed by atoms with E-state index < -0.39 is 16.1 Å². The van der Waals surface area contributed by atoms with Gasteiger partial charge in [-0.2, -0.15) is 0 Å². The zero-order valence-corrected chi connectivity index (χ0v) is 17.1. The lowest BCUT2D eigenvalue weighted by Crippen LogP contribution is -2.47. The number of hydrogen-bond acceptors (Lipinski definition) is 4. The molecule has 0 aromatic heterocycles. The molecule has 0 radical (unpaired) electrons. The third kappa shape index (κ3) is 5.47. The molecule has 1 amide bonds. The van der Waals surface area contributed by atoms with E-state index in [4.69, 9.17) is 4.74 Å². The molecule has 27 heavy (non-hydrogen) atoms. The van der Waals surface area contributed by atoms with E-state index in [0.717, 1.165) is 33.0 Å². The van der Waals surface area contributed by atoms with Crippen molar-refractivity contribution in [2.75, 3.05) is 17.7 Å². The standard InChI is InChI=1S/C20H26N2O4S/c1-14-10-15(2)12-18(11-14)22(27(5,24)25)16(3)20(23)21-13-17-6-8-19(26-4)9-7-17/h6-12,16H,13H2,1-5H3,(H,21,23)/t16-/m1/s1. The van der Waals surface area contributed by atoms with Gasteiger partial charge in [0.1, 0.15) is 11.8 Å². The highest BCUT2D eigenvalue weighted by Gasteiger charge is 2.29. The van der Waals surface area contributed by atoms with Crippen molar-refractivity contribution in [1.29, 1.82) is 0 Å². The van der Waals surface area contributed by atoms with Crippen molar-refractivity contribution in [3.05, 3.63) is 59.2 Å². The minimum absolute atomic E-state index is 0.303. The van der Waals surface area contributed by atoms with E-state index in [1.54, 1.807) is 26.2 Å². The lowest BCUT2D eigenvalue weighted by atomic mass is 10.1. The maximum atomic E-state index is 12.6. The molecule has 1 atom stereocenters. The van der Waals surface area contributed by atoms with Gasteiger partial charge < -0.3 is 10.1 Å². The second kappa shape index (κ2) is 8.43. The Hall–Kier alpha value is -2.54. The number of carbonyl (C=O) groups is 1. The van der Waals surface area contributed by atoms with Crippen LogP contribution in [0.25, 0.3) is 0 Å². The molecule has 2 aromatic carbocycles. The molecule has 0 bridgehead atoms. The van der Waals surface area contributed by atoms with E-state index in [0.29, 0.717) is 12.2 Å². The summed E-state index contributed by atoms with van der Waals surface area (Å²) in [5, 5.41) is 2.80. The number of rotatable bonds is 7. The first-order valence-electron chi connectivity index (χ1n) is 8.60. The summed E-state index contributed by atoms with van der Waals surface area (Å²) in [4.78, 5) is 12.6. The first-order chi connectivity index (χ1) is 12.6. The van der Waals surface area contributed by atoms with Gasteiger partial charge in [0.25, 0.3) is 0 Å². The molecule has 146 valence electrons. The predicted molar refractivity (Wildman–Crippen MR) is 108 cm³/mol. The first-order valence-corrected chi connectivity index (χ1v) is 10.4. The highest BCUT2D eigenvalue weighted by molar-refractivity contribution is 7.92. The summed E-state index contributed by atoms with van der Waals surface area (Å²) in [6.45, 7) is 5.68. The van der Waals surface area contributed by atoms with E-state index in [1.807, 2.05) is 44.2 Å². The van der Waals surface area contributed by atoms with Crippen molar-refractivity contribution in [2.45, 2.75) is 33.4 Å². The summed E-state index contributed by atoms with van der Waals surface area (Å²) in [5.41, 5.74) is 3.25. The van der Waals surface area contributed by atoms with Gasteiger partial charge in [-0.25, -0.2) is 8.42 Å². The summed E-state index contributed by atoms with van der Waals surface area (Å²) >= 11 is 0. The van der Waals surface area contributed by atoms with Crippen molar-refractivity contribution in [3.8, 4) is 5.75 Å². The molecule has 0 fully saturated rings. The van der Waals surface area contributed by atoms with Crippen LogP contribution < -0.4 is 14.4 Å². The Bertz CT molecular complexity index is 888. The molecule has 0 unspecified atom stereocenters. The second-order valence-electron chi connectivity index (χ2n) is 6.65. The third-order valence-corrected chi connectivity index (χ3v) is 5.42. The Balaban J connectivity index is 2.19. The average Bonchev–Trinajstić information content (AvgIpc) is 2.58. The molecule has 0 heterocycles. The summed E-state index contributed by atoms with van der Waals surface area (Å²) in [6, 6.07) is 11.9. The van der Waals surface area contributed by atoms with E-state index in [9.17, 15) is 13.2 Å². The second-order valence-corrected chi connectivity index (χ2v) is 8.51. The number of ether oxygens (including phenoxy) is 1. The van der Waals surface area contributed by atoms with Gasteiger partial charge in [-0.05, 0) is 61.7 Å². The summed E-state index contributed by atoms with van der Waals surface area (Å²) < 4.78 is 31.0. The van der Waals surface area contributed by atoms with Crippen LogP contribution in [0, 0.1) is 13.8 Å². The van der Waals surface area contributed by atoms with Crippen LogP contribution in [0.4, 0.5) is 5.69 Å². The van der Waals surface area contributed by atoms with Crippen LogP contribution in [0.3, 0.4) is 0 Å². The Kier molecular flexibility index (Phi) is 6.49. The SMILES string of the molecule is COc1ccc(CNC(=O)[C@@H](C)N(c2cc(C)cc(C)c2)S(C)(=O)=O)cc1. The number of aryl methyl sites for hydroxylation is 2. The van der Waals surface area contributed by atoms with E-state index in [2.05, 4.69) is 5.32 Å². The van der Waals surface area contributed by atoms with Crippen molar-refractivity contribution in [3.63, 3.8) is 0 Å². The Morgan fingerprint density at radius 3 is 2.15 bits per heavy atom. The molecule has 0 spiro atoms. The molecule has 0 aliphatic heterocycles. The van der Waals surface area contributed by atoms with Crippen molar-refractivity contribution in [1.82, 2.24) is 5.32 Å². The largest absolute Gasteiger partial charge is 0.497 e. The maximum absolute atomic E-state index is 12.6. The summed E-state index contributed by atoms with van der Waals surface area (Å²) in [6.07, 6.45) is 1.11. The lowest BCUT2D eigenvalue weighted by Gasteiger charge is -2.28. The highest BCUT2D eigenvalue weighted by atomic mass is 32.2. The first kappa shape index (κ1) is 20.8. The van der Waals surface area contributed by atoms with Crippen LogP contribution in [-0.4, -0.2) is 33.7 Å². The zero-order valence-electron chi connectivity index (χ0n) is 16.3. The molecule has 0 aliphatic rings. The van der Waals surface area contributed by atoms with Gasteiger partial charge in [-0.3, -0.25) is 9.10 Å². The number of hydrogen-bond donors (Lipinski definition) is 1. The number of nitrogens with one attached hydrogen (secondary N) is 1. The minimum atomic E-state index is -3.63. The van der Waals surface area contributed by atoms with Crippen LogP contribution in [0.5, 0.6) is 5.75 Å². The topological polar surface area (TPSA) is 75.7 Å². The Morgan fingerprint density at radius 1 is 1.11 bits per heavy atom. The molecule has 0 aliphatic carbocycles. The van der Waals surface area contributed by atoms with Crippen LogP contribution in [0.2, 0.25) is 0 Å². The molecule has 6 nitrogen and oxygen atoms in total.